The predicted octanol–water partition coefficient (Wildman–Crippen LogP) is 4.49. The SMILES string of the molecule is CCOc1cccc(NC(=O)c2cccc3ccccc23)c1. The van der Waals surface area contributed by atoms with E-state index in [0.29, 0.717) is 12.2 Å². The second kappa shape index (κ2) is 6.31. The highest BCUT2D eigenvalue weighted by Gasteiger charge is 2.10. The summed E-state index contributed by atoms with van der Waals surface area (Å²) >= 11 is 0. The fourth-order valence-corrected chi connectivity index (χ4v) is 2.45. The van der Waals surface area contributed by atoms with Crippen LogP contribution in [-0.2, 0) is 0 Å². The van der Waals surface area contributed by atoms with E-state index in [0.717, 1.165) is 22.2 Å². The summed E-state index contributed by atoms with van der Waals surface area (Å²) in [7, 11) is 0. The number of fused-ring (bicyclic) bond motifs is 1. The fraction of sp³-hybridized carbons (Fsp3) is 0.105. The molecule has 0 atom stereocenters. The van der Waals surface area contributed by atoms with Crippen LogP contribution in [0.5, 0.6) is 5.75 Å². The number of rotatable bonds is 4. The number of ether oxygens (including phenoxy) is 1. The molecule has 0 aromatic heterocycles. The Kier molecular flexibility index (Phi) is 4.05. The zero-order valence-electron chi connectivity index (χ0n) is 12.4. The standard InChI is InChI=1S/C19H17NO2/c1-2-22-16-10-6-9-15(13-16)20-19(21)18-12-5-8-14-7-3-4-11-17(14)18/h3-13H,2H2,1H3,(H,20,21). The molecule has 22 heavy (non-hydrogen) atoms. The quantitative estimate of drug-likeness (QED) is 0.769. The summed E-state index contributed by atoms with van der Waals surface area (Å²) in [4.78, 5) is 12.5. The summed E-state index contributed by atoms with van der Waals surface area (Å²) in [6.45, 7) is 2.53. The minimum atomic E-state index is -0.120. The molecule has 0 radical (unpaired) electrons. The van der Waals surface area contributed by atoms with Gasteiger partial charge in [0.1, 0.15) is 5.75 Å². The number of hydrogen-bond donors (Lipinski definition) is 1. The zero-order valence-corrected chi connectivity index (χ0v) is 12.4. The maximum absolute atomic E-state index is 12.5. The van der Waals surface area contributed by atoms with Gasteiger partial charge in [0.2, 0.25) is 0 Å². The van der Waals surface area contributed by atoms with Crippen LogP contribution < -0.4 is 10.1 Å². The van der Waals surface area contributed by atoms with Gasteiger partial charge in [0.05, 0.1) is 6.61 Å². The van der Waals surface area contributed by atoms with E-state index >= 15 is 0 Å². The molecule has 1 amide bonds. The van der Waals surface area contributed by atoms with Gasteiger partial charge in [-0.05, 0) is 35.9 Å². The lowest BCUT2D eigenvalue weighted by atomic mass is 10.0. The average molecular weight is 291 g/mol. The number of carbonyl (C=O) groups is 1. The predicted molar refractivity (Wildman–Crippen MR) is 89.5 cm³/mol. The van der Waals surface area contributed by atoms with Crippen molar-refractivity contribution in [3.8, 4) is 5.75 Å². The summed E-state index contributed by atoms with van der Waals surface area (Å²) < 4.78 is 5.45. The Hall–Kier alpha value is -2.81. The minimum Gasteiger partial charge on any atom is -0.494 e. The normalized spacial score (nSPS) is 10.4. The van der Waals surface area contributed by atoms with Crippen molar-refractivity contribution in [1.29, 1.82) is 0 Å². The van der Waals surface area contributed by atoms with Crippen LogP contribution >= 0.6 is 0 Å². The van der Waals surface area contributed by atoms with Crippen molar-refractivity contribution in [2.75, 3.05) is 11.9 Å². The van der Waals surface area contributed by atoms with E-state index in [4.69, 9.17) is 4.74 Å². The molecule has 0 aliphatic carbocycles. The van der Waals surface area contributed by atoms with E-state index in [-0.39, 0.29) is 5.91 Å². The Morgan fingerprint density at radius 1 is 1.00 bits per heavy atom. The van der Waals surface area contributed by atoms with Gasteiger partial charge < -0.3 is 10.1 Å². The average Bonchev–Trinajstić information content (AvgIpc) is 2.55. The molecule has 0 saturated heterocycles. The topological polar surface area (TPSA) is 38.3 Å². The lowest BCUT2D eigenvalue weighted by Crippen LogP contribution is -2.12. The van der Waals surface area contributed by atoms with E-state index in [1.807, 2.05) is 73.7 Å². The second-order valence-electron chi connectivity index (χ2n) is 4.94. The summed E-state index contributed by atoms with van der Waals surface area (Å²) in [5.74, 6) is 0.628. The number of nitrogens with one attached hydrogen (secondary N) is 1. The molecule has 0 saturated carbocycles. The Labute approximate surface area is 129 Å². The largest absolute Gasteiger partial charge is 0.494 e. The molecule has 0 aliphatic rings. The van der Waals surface area contributed by atoms with Crippen molar-refractivity contribution in [2.45, 2.75) is 6.92 Å². The smallest absolute Gasteiger partial charge is 0.256 e. The lowest BCUT2D eigenvalue weighted by Gasteiger charge is -2.09. The van der Waals surface area contributed by atoms with Gasteiger partial charge in [0.15, 0.2) is 0 Å². The molecular formula is C19H17NO2. The van der Waals surface area contributed by atoms with E-state index in [1.165, 1.54) is 0 Å². The molecule has 0 unspecified atom stereocenters. The molecule has 3 aromatic carbocycles. The van der Waals surface area contributed by atoms with Gasteiger partial charge in [-0.15, -0.1) is 0 Å². The molecule has 0 heterocycles. The van der Waals surface area contributed by atoms with Crippen molar-refractivity contribution in [3.63, 3.8) is 0 Å². The lowest BCUT2D eigenvalue weighted by molar-refractivity contribution is 0.102. The first-order chi connectivity index (χ1) is 10.8. The molecule has 0 fully saturated rings. The van der Waals surface area contributed by atoms with Crippen molar-refractivity contribution in [3.05, 3.63) is 72.3 Å². The van der Waals surface area contributed by atoms with Crippen LogP contribution in [0.2, 0.25) is 0 Å². The Morgan fingerprint density at radius 3 is 2.64 bits per heavy atom. The fourth-order valence-electron chi connectivity index (χ4n) is 2.45. The molecule has 3 rings (SSSR count). The van der Waals surface area contributed by atoms with Crippen LogP contribution in [-0.4, -0.2) is 12.5 Å². The van der Waals surface area contributed by atoms with Crippen molar-refractivity contribution < 1.29 is 9.53 Å². The molecule has 3 heteroatoms. The first-order valence-electron chi connectivity index (χ1n) is 7.30. The van der Waals surface area contributed by atoms with E-state index in [2.05, 4.69) is 5.32 Å². The molecule has 0 spiro atoms. The summed E-state index contributed by atoms with van der Waals surface area (Å²) in [5, 5.41) is 4.93. The van der Waals surface area contributed by atoms with Crippen LogP contribution in [0.15, 0.2) is 66.7 Å². The van der Waals surface area contributed by atoms with Crippen molar-refractivity contribution in [1.82, 2.24) is 0 Å². The first-order valence-corrected chi connectivity index (χ1v) is 7.30. The molecule has 0 bridgehead atoms. The molecular weight excluding hydrogens is 274 g/mol. The molecule has 3 aromatic rings. The number of amides is 1. The highest BCUT2D eigenvalue weighted by atomic mass is 16.5. The van der Waals surface area contributed by atoms with Crippen LogP contribution in [0.4, 0.5) is 5.69 Å². The molecule has 3 nitrogen and oxygen atoms in total. The van der Waals surface area contributed by atoms with Crippen LogP contribution in [0.1, 0.15) is 17.3 Å². The van der Waals surface area contributed by atoms with Crippen LogP contribution in [0.3, 0.4) is 0 Å². The highest BCUT2D eigenvalue weighted by Crippen LogP contribution is 2.21. The third-order valence-electron chi connectivity index (χ3n) is 3.44. The summed E-state index contributed by atoms with van der Waals surface area (Å²) in [6.07, 6.45) is 0. The van der Waals surface area contributed by atoms with Gasteiger partial charge in [0, 0.05) is 17.3 Å². The summed E-state index contributed by atoms with van der Waals surface area (Å²) in [6, 6.07) is 21.0. The third-order valence-corrected chi connectivity index (χ3v) is 3.44. The van der Waals surface area contributed by atoms with Gasteiger partial charge >= 0.3 is 0 Å². The van der Waals surface area contributed by atoms with Gasteiger partial charge in [-0.25, -0.2) is 0 Å². The first kappa shape index (κ1) is 14.1. The number of benzene rings is 3. The molecule has 110 valence electrons. The number of carbonyl (C=O) groups excluding carboxylic acids is 1. The Morgan fingerprint density at radius 2 is 1.77 bits per heavy atom. The van der Waals surface area contributed by atoms with Crippen molar-refractivity contribution >= 4 is 22.4 Å². The summed E-state index contributed by atoms with van der Waals surface area (Å²) in [5.41, 5.74) is 1.39. The van der Waals surface area contributed by atoms with Crippen LogP contribution in [0, 0.1) is 0 Å². The van der Waals surface area contributed by atoms with E-state index in [1.54, 1.807) is 0 Å². The maximum atomic E-state index is 12.5. The van der Waals surface area contributed by atoms with Gasteiger partial charge in [0.25, 0.3) is 5.91 Å². The Balaban J connectivity index is 1.89. The maximum Gasteiger partial charge on any atom is 0.256 e. The monoisotopic (exact) mass is 291 g/mol. The van der Waals surface area contributed by atoms with Gasteiger partial charge in [-0.2, -0.15) is 0 Å². The third kappa shape index (κ3) is 2.93. The molecule has 1 N–H and O–H groups in total. The van der Waals surface area contributed by atoms with Crippen molar-refractivity contribution in [2.24, 2.45) is 0 Å². The van der Waals surface area contributed by atoms with Gasteiger partial charge in [-0.3, -0.25) is 4.79 Å². The zero-order chi connectivity index (χ0) is 15.4. The molecule has 0 aliphatic heterocycles. The number of hydrogen-bond acceptors (Lipinski definition) is 2. The van der Waals surface area contributed by atoms with Gasteiger partial charge in [-0.1, -0.05) is 42.5 Å². The van der Waals surface area contributed by atoms with E-state index < -0.39 is 0 Å². The van der Waals surface area contributed by atoms with E-state index in [9.17, 15) is 4.79 Å². The second-order valence-corrected chi connectivity index (χ2v) is 4.94. The minimum absolute atomic E-state index is 0.120. The number of anilines is 1. The Bertz CT molecular complexity index is 806. The van der Waals surface area contributed by atoms with Crippen LogP contribution in [0.25, 0.3) is 10.8 Å². The highest BCUT2D eigenvalue weighted by molar-refractivity contribution is 6.12.